The van der Waals surface area contributed by atoms with Crippen LogP contribution >= 0.6 is 11.3 Å². The molecule has 1 unspecified atom stereocenters. The van der Waals surface area contributed by atoms with E-state index >= 15 is 0 Å². The molecule has 5 rings (SSSR count). The van der Waals surface area contributed by atoms with E-state index in [-0.39, 0.29) is 36.0 Å². The van der Waals surface area contributed by atoms with Crippen molar-refractivity contribution < 1.29 is 18.4 Å². The zero-order chi connectivity index (χ0) is 24.4. The summed E-state index contributed by atoms with van der Waals surface area (Å²) in [6, 6.07) is 14.1. The van der Waals surface area contributed by atoms with Gasteiger partial charge in [-0.25, -0.2) is 8.78 Å². The number of halogens is 2. The minimum Gasteiger partial charge on any atom is -0.340 e. The Morgan fingerprint density at radius 1 is 0.886 bits per heavy atom. The molecule has 2 aromatic carbocycles. The van der Waals surface area contributed by atoms with Crippen molar-refractivity contribution in [2.45, 2.75) is 18.9 Å². The molecule has 0 N–H and O–H groups in total. The van der Waals surface area contributed by atoms with Gasteiger partial charge in [-0.15, -0.1) is 11.3 Å². The highest BCUT2D eigenvalue weighted by Gasteiger charge is 2.32. The van der Waals surface area contributed by atoms with Crippen LogP contribution in [0.4, 0.5) is 8.78 Å². The van der Waals surface area contributed by atoms with Gasteiger partial charge in [0.15, 0.2) is 0 Å². The Balaban J connectivity index is 1.27. The van der Waals surface area contributed by atoms with Gasteiger partial charge in [0.25, 0.3) is 5.91 Å². The normalized spacial score (nSPS) is 18.7. The molecule has 2 aliphatic heterocycles. The van der Waals surface area contributed by atoms with Gasteiger partial charge in [-0.05, 0) is 71.8 Å². The van der Waals surface area contributed by atoms with Gasteiger partial charge in [0.2, 0.25) is 5.91 Å². The minimum absolute atomic E-state index is 0.0150. The van der Waals surface area contributed by atoms with E-state index in [0.717, 1.165) is 24.1 Å². The van der Waals surface area contributed by atoms with E-state index in [2.05, 4.69) is 16.3 Å². The van der Waals surface area contributed by atoms with Gasteiger partial charge in [0.1, 0.15) is 11.6 Å². The Morgan fingerprint density at radius 3 is 2.46 bits per heavy atom. The van der Waals surface area contributed by atoms with Crippen LogP contribution in [0, 0.1) is 11.6 Å². The molecule has 2 aliphatic rings. The number of thiophene rings is 1. The Morgan fingerprint density at radius 2 is 1.66 bits per heavy atom. The molecule has 3 heterocycles. The van der Waals surface area contributed by atoms with Gasteiger partial charge in [0, 0.05) is 43.2 Å². The first-order valence-corrected chi connectivity index (χ1v) is 12.8. The molecule has 1 fully saturated rings. The minimum atomic E-state index is -0.377. The van der Waals surface area contributed by atoms with E-state index in [1.807, 2.05) is 11.0 Å². The summed E-state index contributed by atoms with van der Waals surface area (Å²) in [7, 11) is 0. The predicted octanol–water partition coefficient (Wildman–Crippen LogP) is 4.35. The quantitative estimate of drug-likeness (QED) is 0.541. The second-order valence-corrected chi connectivity index (χ2v) is 10.0. The van der Waals surface area contributed by atoms with Gasteiger partial charge in [-0.3, -0.25) is 14.5 Å². The first kappa shape index (κ1) is 23.6. The van der Waals surface area contributed by atoms with Crippen molar-refractivity contribution >= 4 is 23.2 Å². The molecule has 1 saturated heterocycles. The molecule has 3 aromatic rings. The Bertz CT molecular complexity index is 1210. The molecule has 182 valence electrons. The van der Waals surface area contributed by atoms with Crippen LogP contribution in [0.2, 0.25) is 0 Å². The smallest absolute Gasteiger partial charge is 0.253 e. The van der Waals surface area contributed by atoms with Crippen molar-refractivity contribution in [3.63, 3.8) is 0 Å². The molecule has 35 heavy (non-hydrogen) atoms. The molecule has 2 amide bonds. The van der Waals surface area contributed by atoms with E-state index in [0.29, 0.717) is 38.2 Å². The van der Waals surface area contributed by atoms with Crippen LogP contribution in [0.5, 0.6) is 0 Å². The van der Waals surface area contributed by atoms with Gasteiger partial charge < -0.3 is 9.80 Å². The third-order valence-corrected chi connectivity index (χ3v) is 7.79. The summed E-state index contributed by atoms with van der Waals surface area (Å²) < 4.78 is 27.3. The number of benzene rings is 2. The highest BCUT2D eigenvalue weighted by Crippen LogP contribution is 2.37. The molecule has 0 spiro atoms. The Kier molecular flexibility index (Phi) is 6.92. The van der Waals surface area contributed by atoms with Crippen molar-refractivity contribution in [2.24, 2.45) is 0 Å². The molecular formula is C27H27F2N3O2S. The van der Waals surface area contributed by atoms with Crippen molar-refractivity contribution in [1.82, 2.24) is 14.7 Å². The summed E-state index contributed by atoms with van der Waals surface area (Å²) in [5, 5.41) is 2.06. The van der Waals surface area contributed by atoms with E-state index in [4.69, 9.17) is 0 Å². The summed E-state index contributed by atoms with van der Waals surface area (Å²) >= 11 is 1.71. The van der Waals surface area contributed by atoms with E-state index in [1.165, 1.54) is 35.2 Å². The fraction of sp³-hybridized carbons (Fsp3) is 0.333. The van der Waals surface area contributed by atoms with Crippen LogP contribution in [0.15, 0.2) is 60.0 Å². The molecular weight excluding hydrogens is 468 g/mol. The number of carbonyl (C=O) groups excluding carboxylic acids is 2. The third kappa shape index (κ3) is 5.13. The van der Waals surface area contributed by atoms with Crippen molar-refractivity contribution in [3.8, 4) is 0 Å². The van der Waals surface area contributed by atoms with Gasteiger partial charge in [0.05, 0.1) is 12.6 Å². The number of amides is 2. The predicted molar refractivity (Wildman–Crippen MR) is 131 cm³/mol. The molecule has 8 heteroatoms. The molecule has 0 bridgehead atoms. The number of rotatable bonds is 4. The highest BCUT2D eigenvalue weighted by atomic mass is 32.1. The van der Waals surface area contributed by atoms with Gasteiger partial charge in [-0.1, -0.05) is 12.1 Å². The monoisotopic (exact) mass is 495 g/mol. The molecule has 0 saturated carbocycles. The molecule has 5 nitrogen and oxygen atoms in total. The van der Waals surface area contributed by atoms with Crippen LogP contribution < -0.4 is 0 Å². The standard InChI is InChI=1S/C27H27F2N3O2S/c28-21-7-5-19(6-8-21)27(34)31-12-2-11-30(14-15-31)25(33)18-32-13-9-24-23(10-16-35-24)26(32)20-3-1-4-22(29)17-20/h1,3-8,10,16-17,26H,2,9,11-15,18H2. The number of nitrogens with zero attached hydrogens (tertiary/aromatic N) is 3. The summed E-state index contributed by atoms with van der Waals surface area (Å²) in [5.74, 6) is -0.791. The third-order valence-electron chi connectivity index (χ3n) is 6.80. The van der Waals surface area contributed by atoms with Gasteiger partial charge >= 0.3 is 0 Å². The Labute approximate surface area is 207 Å². The fourth-order valence-corrected chi connectivity index (χ4v) is 5.93. The molecule has 0 radical (unpaired) electrons. The van der Waals surface area contributed by atoms with E-state index < -0.39 is 0 Å². The summed E-state index contributed by atoms with van der Waals surface area (Å²) in [4.78, 5) is 33.2. The number of carbonyl (C=O) groups is 2. The summed E-state index contributed by atoms with van der Waals surface area (Å²) in [5.41, 5.74) is 2.44. The Hall–Kier alpha value is -3.10. The number of fused-ring (bicyclic) bond motifs is 1. The second kappa shape index (κ2) is 10.3. The zero-order valence-corrected chi connectivity index (χ0v) is 20.1. The maximum absolute atomic E-state index is 14.1. The first-order valence-electron chi connectivity index (χ1n) is 11.9. The lowest BCUT2D eigenvalue weighted by molar-refractivity contribution is -0.132. The van der Waals surface area contributed by atoms with E-state index in [1.54, 1.807) is 28.4 Å². The fourth-order valence-electron chi connectivity index (χ4n) is 5.02. The maximum Gasteiger partial charge on any atom is 0.253 e. The van der Waals surface area contributed by atoms with Crippen molar-refractivity contribution in [2.75, 3.05) is 39.3 Å². The van der Waals surface area contributed by atoms with Crippen LogP contribution in [0.1, 0.15) is 38.8 Å². The SMILES string of the molecule is O=C(CN1CCc2sccc2C1c1cccc(F)c1)N1CCCN(C(=O)c2ccc(F)cc2)CC1. The highest BCUT2D eigenvalue weighted by molar-refractivity contribution is 7.10. The average Bonchev–Trinajstić information content (AvgIpc) is 3.19. The van der Waals surface area contributed by atoms with Gasteiger partial charge in [-0.2, -0.15) is 0 Å². The number of hydrogen-bond acceptors (Lipinski definition) is 4. The van der Waals surface area contributed by atoms with Crippen LogP contribution in [0.3, 0.4) is 0 Å². The molecule has 0 aliphatic carbocycles. The molecule has 1 aromatic heterocycles. The summed E-state index contributed by atoms with van der Waals surface area (Å²) in [6.45, 7) is 2.98. The largest absolute Gasteiger partial charge is 0.340 e. The molecule has 1 atom stereocenters. The van der Waals surface area contributed by atoms with Crippen LogP contribution in [0.25, 0.3) is 0 Å². The lowest BCUT2D eigenvalue weighted by Gasteiger charge is -2.37. The lowest BCUT2D eigenvalue weighted by Crippen LogP contribution is -2.45. The summed E-state index contributed by atoms with van der Waals surface area (Å²) in [6.07, 6.45) is 1.55. The maximum atomic E-state index is 14.1. The van der Waals surface area contributed by atoms with Crippen molar-refractivity contribution in [1.29, 1.82) is 0 Å². The zero-order valence-electron chi connectivity index (χ0n) is 19.3. The van der Waals surface area contributed by atoms with Crippen molar-refractivity contribution in [3.05, 3.63) is 93.2 Å². The van der Waals surface area contributed by atoms with Crippen LogP contribution in [-0.4, -0.2) is 65.8 Å². The number of hydrogen-bond donors (Lipinski definition) is 0. The van der Waals surface area contributed by atoms with E-state index in [9.17, 15) is 18.4 Å². The lowest BCUT2D eigenvalue weighted by atomic mass is 9.93. The first-order chi connectivity index (χ1) is 17.0. The topological polar surface area (TPSA) is 43.9 Å². The average molecular weight is 496 g/mol. The second-order valence-electron chi connectivity index (χ2n) is 9.01. The van der Waals surface area contributed by atoms with Crippen LogP contribution in [-0.2, 0) is 11.2 Å².